The fourth-order valence-corrected chi connectivity index (χ4v) is 3.95. The van der Waals surface area contributed by atoms with Crippen molar-refractivity contribution in [2.45, 2.75) is 52.3 Å². The second-order valence-corrected chi connectivity index (χ2v) is 6.82. The molecule has 0 N–H and O–H groups in total. The van der Waals surface area contributed by atoms with Gasteiger partial charge in [-0.3, -0.25) is 0 Å². The Morgan fingerprint density at radius 1 is 1.30 bits per heavy atom. The van der Waals surface area contributed by atoms with Crippen molar-refractivity contribution < 1.29 is 4.74 Å². The van der Waals surface area contributed by atoms with E-state index in [0.29, 0.717) is 5.92 Å². The monoisotopic (exact) mass is 271 g/mol. The lowest BCUT2D eigenvalue weighted by Gasteiger charge is -2.50. The van der Waals surface area contributed by atoms with E-state index in [1.807, 2.05) is 0 Å². The standard InChI is InChI=1S/C18H25NO/c1-6-13(2)18-16-10-8-7-9-15(16)11-14(3)19(18)17(4,5)12-20-18/h7-11,13H,6,12H2,1-5H3. The van der Waals surface area contributed by atoms with E-state index >= 15 is 0 Å². The highest BCUT2D eigenvalue weighted by atomic mass is 16.5. The van der Waals surface area contributed by atoms with Crippen LogP contribution in [-0.4, -0.2) is 17.0 Å². The minimum atomic E-state index is -0.298. The zero-order valence-corrected chi connectivity index (χ0v) is 13.2. The number of hydrogen-bond donors (Lipinski definition) is 0. The average Bonchev–Trinajstić information content (AvgIpc) is 2.72. The number of nitrogens with zero attached hydrogens (tertiary/aromatic N) is 1. The molecule has 3 rings (SSSR count). The van der Waals surface area contributed by atoms with E-state index in [4.69, 9.17) is 4.74 Å². The molecule has 1 aromatic rings. The fourth-order valence-electron chi connectivity index (χ4n) is 3.95. The Kier molecular flexibility index (Phi) is 2.98. The van der Waals surface area contributed by atoms with Gasteiger partial charge >= 0.3 is 0 Å². The quantitative estimate of drug-likeness (QED) is 0.792. The molecule has 2 nitrogen and oxygen atoms in total. The zero-order chi connectivity index (χ0) is 14.5. The van der Waals surface area contributed by atoms with Crippen LogP contribution in [0, 0.1) is 5.92 Å². The van der Waals surface area contributed by atoms with Crippen LogP contribution in [-0.2, 0) is 10.5 Å². The maximum atomic E-state index is 6.49. The van der Waals surface area contributed by atoms with E-state index < -0.39 is 0 Å². The van der Waals surface area contributed by atoms with Gasteiger partial charge in [0.25, 0.3) is 0 Å². The molecule has 20 heavy (non-hydrogen) atoms. The molecule has 1 aromatic carbocycles. The summed E-state index contributed by atoms with van der Waals surface area (Å²) in [7, 11) is 0. The summed E-state index contributed by atoms with van der Waals surface area (Å²) < 4.78 is 6.49. The van der Waals surface area contributed by atoms with Crippen LogP contribution >= 0.6 is 0 Å². The first-order valence-electron chi connectivity index (χ1n) is 7.65. The van der Waals surface area contributed by atoms with Crippen molar-refractivity contribution in [1.82, 2.24) is 4.90 Å². The van der Waals surface area contributed by atoms with Gasteiger partial charge in [0, 0.05) is 17.2 Å². The van der Waals surface area contributed by atoms with Gasteiger partial charge in [-0.05, 0) is 38.8 Å². The Hall–Kier alpha value is -1.28. The van der Waals surface area contributed by atoms with Crippen molar-refractivity contribution in [3.05, 3.63) is 41.1 Å². The van der Waals surface area contributed by atoms with Gasteiger partial charge in [-0.25, -0.2) is 0 Å². The van der Waals surface area contributed by atoms with Crippen molar-refractivity contribution in [3.8, 4) is 0 Å². The van der Waals surface area contributed by atoms with Crippen molar-refractivity contribution in [1.29, 1.82) is 0 Å². The molecular formula is C18H25NO. The summed E-state index contributed by atoms with van der Waals surface area (Å²) >= 11 is 0. The topological polar surface area (TPSA) is 12.5 Å². The Bertz CT molecular complexity index is 560. The van der Waals surface area contributed by atoms with E-state index in [2.05, 4.69) is 69.9 Å². The van der Waals surface area contributed by atoms with Gasteiger partial charge in [0.1, 0.15) is 0 Å². The summed E-state index contributed by atoms with van der Waals surface area (Å²) in [6.07, 6.45) is 3.40. The number of ether oxygens (including phenoxy) is 1. The van der Waals surface area contributed by atoms with Crippen LogP contribution in [0.4, 0.5) is 0 Å². The third-order valence-corrected chi connectivity index (χ3v) is 4.93. The van der Waals surface area contributed by atoms with E-state index in [9.17, 15) is 0 Å². The predicted octanol–water partition coefficient (Wildman–Crippen LogP) is 4.37. The predicted molar refractivity (Wildman–Crippen MR) is 83.1 cm³/mol. The molecule has 2 unspecified atom stereocenters. The van der Waals surface area contributed by atoms with Crippen molar-refractivity contribution in [2.24, 2.45) is 5.92 Å². The number of rotatable bonds is 2. The van der Waals surface area contributed by atoms with Crippen LogP contribution in [0.5, 0.6) is 0 Å². The van der Waals surface area contributed by atoms with E-state index in [1.54, 1.807) is 0 Å². The molecule has 0 bridgehead atoms. The molecular weight excluding hydrogens is 246 g/mol. The van der Waals surface area contributed by atoms with E-state index in [1.165, 1.54) is 16.8 Å². The lowest BCUT2D eigenvalue weighted by atomic mass is 9.80. The van der Waals surface area contributed by atoms with E-state index in [-0.39, 0.29) is 11.3 Å². The van der Waals surface area contributed by atoms with Crippen LogP contribution in [0.1, 0.15) is 52.2 Å². The van der Waals surface area contributed by atoms with Gasteiger partial charge in [0.15, 0.2) is 5.72 Å². The Morgan fingerprint density at radius 2 is 2.00 bits per heavy atom. The fraction of sp³-hybridized carbons (Fsp3) is 0.556. The smallest absolute Gasteiger partial charge is 0.170 e. The maximum absolute atomic E-state index is 6.49. The summed E-state index contributed by atoms with van der Waals surface area (Å²) in [5.74, 6) is 0.453. The van der Waals surface area contributed by atoms with Crippen molar-refractivity contribution in [2.75, 3.05) is 6.61 Å². The molecule has 1 saturated heterocycles. The van der Waals surface area contributed by atoms with Crippen molar-refractivity contribution >= 4 is 6.08 Å². The molecule has 0 spiro atoms. The van der Waals surface area contributed by atoms with Gasteiger partial charge in [0.05, 0.1) is 12.1 Å². The highest BCUT2D eigenvalue weighted by Crippen LogP contribution is 2.53. The number of allylic oxidation sites excluding steroid dienone is 1. The summed E-state index contributed by atoms with van der Waals surface area (Å²) in [6, 6.07) is 8.68. The normalized spacial score (nSPS) is 28.6. The van der Waals surface area contributed by atoms with Gasteiger partial charge in [0.2, 0.25) is 0 Å². The molecule has 2 heterocycles. The molecule has 0 saturated carbocycles. The minimum Gasteiger partial charge on any atom is -0.349 e. The largest absolute Gasteiger partial charge is 0.349 e. The Labute approximate surface area is 122 Å². The summed E-state index contributed by atoms with van der Waals surface area (Å²) in [5.41, 5.74) is 3.68. The number of fused-ring (bicyclic) bond motifs is 3. The zero-order valence-electron chi connectivity index (χ0n) is 13.2. The second-order valence-electron chi connectivity index (χ2n) is 6.82. The molecule has 2 aliphatic heterocycles. The van der Waals surface area contributed by atoms with Gasteiger partial charge in [-0.15, -0.1) is 0 Å². The molecule has 0 aromatic heterocycles. The summed E-state index contributed by atoms with van der Waals surface area (Å²) in [6.45, 7) is 12.1. The molecule has 1 fully saturated rings. The third-order valence-electron chi connectivity index (χ3n) is 4.93. The Balaban J connectivity index is 2.28. The molecule has 0 amide bonds. The number of hydrogen-bond acceptors (Lipinski definition) is 2. The highest BCUT2D eigenvalue weighted by molar-refractivity contribution is 5.61. The molecule has 2 atom stereocenters. The summed E-state index contributed by atoms with van der Waals surface area (Å²) in [5, 5.41) is 0. The minimum absolute atomic E-state index is 0.0392. The van der Waals surface area contributed by atoms with Gasteiger partial charge in [-0.1, -0.05) is 38.1 Å². The van der Waals surface area contributed by atoms with Gasteiger partial charge < -0.3 is 9.64 Å². The van der Waals surface area contributed by atoms with Crippen LogP contribution < -0.4 is 0 Å². The first kappa shape index (κ1) is 13.7. The SMILES string of the molecule is CCC(C)C12OCC(C)(C)N1C(C)=Cc1ccccc12. The molecule has 2 heteroatoms. The highest BCUT2D eigenvalue weighted by Gasteiger charge is 2.57. The maximum Gasteiger partial charge on any atom is 0.170 e. The van der Waals surface area contributed by atoms with Crippen LogP contribution in [0.2, 0.25) is 0 Å². The molecule has 0 aliphatic carbocycles. The van der Waals surface area contributed by atoms with Crippen LogP contribution in [0.15, 0.2) is 30.0 Å². The summed E-state index contributed by atoms with van der Waals surface area (Å²) in [4.78, 5) is 2.51. The lowest BCUT2D eigenvalue weighted by Crippen LogP contribution is -2.54. The molecule has 108 valence electrons. The van der Waals surface area contributed by atoms with Crippen molar-refractivity contribution in [3.63, 3.8) is 0 Å². The number of benzene rings is 1. The first-order valence-corrected chi connectivity index (χ1v) is 7.65. The second kappa shape index (κ2) is 4.36. The molecule has 2 aliphatic rings. The van der Waals surface area contributed by atoms with Gasteiger partial charge in [-0.2, -0.15) is 0 Å². The van der Waals surface area contributed by atoms with E-state index in [0.717, 1.165) is 13.0 Å². The lowest BCUT2D eigenvalue weighted by molar-refractivity contribution is -0.124. The Morgan fingerprint density at radius 3 is 2.70 bits per heavy atom. The molecule has 0 radical (unpaired) electrons. The van der Waals surface area contributed by atoms with Crippen LogP contribution in [0.3, 0.4) is 0 Å². The average molecular weight is 271 g/mol. The van der Waals surface area contributed by atoms with Crippen LogP contribution in [0.25, 0.3) is 6.08 Å². The first-order chi connectivity index (χ1) is 9.43. The third kappa shape index (κ3) is 1.61.